The number of rotatable bonds is 2. The van der Waals surface area contributed by atoms with Crippen LogP contribution in [0, 0.1) is 5.82 Å². The molecule has 17 heavy (non-hydrogen) atoms. The molecule has 2 aromatic heterocycles. The normalized spacial score (nSPS) is 19.7. The molecule has 0 spiro atoms. The first-order chi connectivity index (χ1) is 8.34. The fourth-order valence-corrected chi connectivity index (χ4v) is 2.20. The Labute approximate surface area is 98.5 Å². The summed E-state index contributed by atoms with van der Waals surface area (Å²) in [7, 11) is 0. The molecule has 0 bridgehead atoms. The van der Waals surface area contributed by atoms with E-state index in [1.807, 2.05) is 10.8 Å². The summed E-state index contributed by atoms with van der Waals surface area (Å²) in [6.07, 6.45) is 7.06. The van der Waals surface area contributed by atoms with E-state index in [2.05, 4.69) is 15.3 Å². The van der Waals surface area contributed by atoms with Crippen molar-refractivity contribution in [1.82, 2.24) is 19.9 Å². The predicted molar refractivity (Wildman–Crippen MR) is 61.3 cm³/mol. The summed E-state index contributed by atoms with van der Waals surface area (Å²) in [5, 5.41) is 3.42. The van der Waals surface area contributed by atoms with E-state index in [4.69, 9.17) is 0 Å². The Kier molecular flexibility index (Phi) is 2.60. The van der Waals surface area contributed by atoms with Gasteiger partial charge in [0.1, 0.15) is 18.0 Å². The number of imidazole rings is 1. The van der Waals surface area contributed by atoms with Crippen LogP contribution in [0.15, 0.2) is 30.9 Å². The standard InChI is InChI=1S/C12H13FN4/c13-9-3-4-12(16-6-9)17-8-14-7-11(17)10-2-1-5-15-10/h3-4,6-8,10,15H,1-2,5H2. The molecule has 0 aliphatic carbocycles. The maximum absolute atomic E-state index is 12.8. The summed E-state index contributed by atoms with van der Waals surface area (Å²) in [6.45, 7) is 1.03. The van der Waals surface area contributed by atoms with Crippen LogP contribution < -0.4 is 5.32 Å². The lowest BCUT2D eigenvalue weighted by Gasteiger charge is -2.12. The van der Waals surface area contributed by atoms with Gasteiger partial charge in [-0.1, -0.05) is 0 Å². The smallest absolute Gasteiger partial charge is 0.141 e. The molecule has 2 aromatic rings. The van der Waals surface area contributed by atoms with Crippen molar-refractivity contribution in [2.45, 2.75) is 18.9 Å². The minimum atomic E-state index is -0.325. The molecule has 4 nitrogen and oxygen atoms in total. The lowest BCUT2D eigenvalue weighted by molar-refractivity contribution is 0.606. The molecule has 1 atom stereocenters. The van der Waals surface area contributed by atoms with Crippen molar-refractivity contribution in [2.24, 2.45) is 0 Å². The summed E-state index contributed by atoms with van der Waals surface area (Å²) >= 11 is 0. The molecule has 0 radical (unpaired) electrons. The van der Waals surface area contributed by atoms with Gasteiger partial charge in [-0.2, -0.15) is 0 Å². The zero-order chi connectivity index (χ0) is 11.7. The van der Waals surface area contributed by atoms with Gasteiger partial charge in [-0.15, -0.1) is 0 Å². The highest BCUT2D eigenvalue weighted by Gasteiger charge is 2.20. The zero-order valence-electron chi connectivity index (χ0n) is 9.31. The maximum Gasteiger partial charge on any atom is 0.141 e. The summed E-state index contributed by atoms with van der Waals surface area (Å²) in [5.74, 6) is 0.377. The molecule has 1 fully saturated rings. The lowest BCUT2D eigenvalue weighted by Crippen LogP contribution is -2.16. The van der Waals surface area contributed by atoms with Crippen molar-refractivity contribution >= 4 is 0 Å². The van der Waals surface area contributed by atoms with Gasteiger partial charge < -0.3 is 5.32 Å². The van der Waals surface area contributed by atoms with Crippen LogP contribution in [0.3, 0.4) is 0 Å². The van der Waals surface area contributed by atoms with Crippen LogP contribution in [-0.4, -0.2) is 21.1 Å². The highest BCUT2D eigenvalue weighted by atomic mass is 19.1. The van der Waals surface area contributed by atoms with Crippen molar-refractivity contribution in [3.63, 3.8) is 0 Å². The van der Waals surface area contributed by atoms with Crippen LogP contribution in [-0.2, 0) is 0 Å². The molecule has 3 heterocycles. The summed E-state index contributed by atoms with van der Waals surface area (Å²) < 4.78 is 14.7. The SMILES string of the molecule is Fc1ccc(-n2cncc2C2CCCN2)nc1. The first-order valence-corrected chi connectivity index (χ1v) is 5.72. The molecule has 1 N–H and O–H groups in total. The monoisotopic (exact) mass is 232 g/mol. The average Bonchev–Trinajstić information content (AvgIpc) is 3.00. The Morgan fingerprint density at radius 1 is 1.35 bits per heavy atom. The summed E-state index contributed by atoms with van der Waals surface area (Å²) in [4.78, 5) is 8.23. The van der Waals surface area contributed by atoms with Crippen LogP contribution in [0.5, 0.6) is 0 Å². The number of hydrogen-bond donors (Lipinski definition) is 1. The molecule has 88 valence electrons. The largest absolute Gasteiger partial charge is 0.309 e. The van der Waals surface area contributed by atoms with Crippen LogP contribution in [0.25, 0.3) is 5.82 Å². The van der Waals surface area contributed by atoms with E-state index in [1.165, 1.54) is 18.7 Å². The van der Waals surface area contributed by atoms with Crippen molar-refractivity contribution < 1.29 is 4.39 Å². The number of aromatic nitrogens is 3. The minimum absolute atomic E-state index is 0.323. The number of nitrogens with zero attached hydrogens (tertiary/aromatic N) is 3. The molecule has 1 aliphatic rings. The zero-order valence-corrected chi connectivity index (χ0v) is 9.31. The van der Waals surface area contributed by atoms with Crippen LogP contribution in [0.1, 0.15) is 24.6 Å². The number of halogens is 1. The predicted octanol–water partition coefficient (Wildman–Crippen LogP) is 1.83. The van der Waals surface area contributed by atoms with E-state index < -0.39 is 0 Å². The number of nitrogens with one attached hydrogen (secondary N) is 1. The quantitative estimate of drug-likeness (QED) is 0.859. The fraction of sp³-hybridized carbons (Fsp3) is 0.333. The van der Waals surface area contributed by atoms with Crippen LogP contribution in [0.4, 0.5) is 4.39 Å². The van der Waals surface area contributed by atoms with E-state index in [0.717, 1.165) is 18.7 Å². The van der Waals surface area contributed by atoms with Gasteiger partial charge in [0.05, 0.1) is 18.1 Å². The highest BCUT2D eigenvalue weighted by molar-refractivity contribution is 5.26. The second-order valence-corrected chi connectivity index (χ2v) is 4.17. The van der Waals surface area contributed by atoms with Gasteiger partial charge in [0.25, 0.3) is 0 Å². The summed E-state index contributed by atoms with van der Waals surface area (Å²) in [6, 6.07) is 3.40. The lowest BCUT2D eigenvalue weighted by atomic mass is 10.2. The highest BCUT2D eigenvalue weighted by Crippen LogP contribution is 2.24. The molecular formula is C12H13FN4. The molecule has 3 rings (SSSR count). The van der Waals surface area contributed by atoms with Gasteiger partial charge in [0, 0.05) is 6.04 Å². The van der Waals surface area contributed by atoms with Gasteiger partial charge in [-0.05, 0) is 31.5 Å². The van der Waals surface area contributed by atoms with Crippen molar-refractivity contribution in [3.8, 4) is 5.82 Å². The molecule has 1 unspecified atom stereocenters. The third kappa shape index (κ3) is 1.93. The summed E-state index contributed by atoms with van der Waals surface area (Å²) in [5.41, 5.74) is 1.08. The van der Waals surface area contributed by atoms with Crippen LogP contribution in [0.2, 0.25) is 0 Å². The Morgan fingerprint density at radius 2 is 2.29 bits per heavy atom. The first-order valence-electron chi connectivity index (χ1n) is 5.72. The van der Waals surface area contributed by atoms with Gasteiger partial charge in [0.2, 0.25) is 0 Å². The van der Waals surface area contributed by atoms with Crippen molar-refractivity contribution in [3.05, 3.63) is 42.4 Å². The van der Waals surface area contributed by atoms with E-state index in [1.54, 1.807) is 12.4 Å². The van der Waals surface area contributed by atoms with Crippen LogP contribution >= 0.6 is 0 Å². The van der Waals surface area contributed by atoms with Gasteiger partial charge in [0.15, 0.2) is 0 Å². The van der Waals surface area contributed by atoms with E-state index in [0.29, 0.717) is 11.9 Å². The van der Waals surface area contributed by atoms with Gasteiger partial charge >= 0.3 is 0 Å². The third-order valence-corrected chi connectivity index (χ3v) is 3.04. The fourth-order valence-electron chi connectivity index (χ4n) is 2.20. The minimum Gasteiger partial charge on any atom is -0.309 e. The molecule has 5 heteroatoms. The molecule has 0 aromatic carbocycles. The number of pyridine rings is 1. The van der Waals surface area contributed by atoms with E-state index in [-0.39, 0.29) is 5.82 Å². The maximum atomic E-state index is 12.8. The molecular weight excluding hydrogens is 219 g/mol. The Balaban J connectivity index is 1.97. The van der Waals surface area contributed by atoms with Gasteiger partial charge in [-0.25, -0.2) is 14.4 Å². The molecule has 1 saturated heterocycles. The number of hydrogen-bond acceptors (Lipinski definition) is 3. The van der Waals surface area contributed by atoms with Crippen molar-refractivity contribution in [2.75, 3.05) is 6.54 Å². The van der Waals surface area contributed by atoms with E-state index in [9.17, 15) is 4.39 Å². The van der Waals surface area contributed by atoms with Gasteiger partial charge in [-0.3, -0.25) is 4.57 Å². The second kappa shape index (κ2) is 4.25. The van der Waals surface area contributed by atoms with E-state index >= 15 is 0 Å². The average molecular weight is 232 g/mol. The molecule has 0 amide bonds. The first kappa shape index (κ1) is 10.4. The Hall–Kier alpha value is -1.75. The van der Waals surface area contributed by atoms with Crippen molar-refractivity contribution in [1.29, 1.82) is 0 Å². The third-order valence-electron chi connectivity index (χ3n) is 3.04. The Bertz CT molecular complexity index is 499. The molecule has 0 saturated carbocycles. The second-order valence-electron chi connectivity index (χ2n) is 4.17. The Morgan fingerprint density at radius 3 is 3.00 bits per heavy atom. The topological polar surface area (TPSA) is 42.7 Å². The molecule has 1 aliphatic heterocycles.